The van der Waals surface area contributed by atoms with E-state index in [2.05, 4.69) is 31.1 Å². The van der Waals surface area contributed by atoms with Crippen LogP contribution < -0.4 is 5.32 Å². The number of hydrogen-bond donors (Lipinski definition) is 1. The first kappa shape index (κ1) is 13.7. The van der Waals surface area contributed by atoms with E-state index in [1.54, 1.807) is 11.6 Å². The van der Waals surface area contributed by atoms with Crippen molar-refractivity contribution in [2.75, 3.05) is 5.32 Å². The van der Waals surface area contributed by atoms with Crippen molar-refractivity contribution in [3.8, 4) is 0 Å². The number of nitrogens with zero attached hydrogens (tertiary/aromatic N) is 2. The van der Waals surface area contributed by atoms with Crippen LogP contribution in [0.3, 0.4) is 0 Å². The summed E-state index contributed by atoms with van der Waals surface area (Å²) in [5.74, 6) is 0. The summed E-state index contributed by atoms with van der Waals surface area (Å²) < 4.78 is 0.840. The molecule has 0 unspecified atom stereocenters. The Morgan fingerprint density at radius 1 is 1.42 bits per heavy atom. The van der Waals surface area contributed by atoms with Crippen LogP contribution in [0.1, 0.15) is 33.6 Å². The number of nitro benzene ring substituents is 1. The Bertz CT molecular complexity index is 605. The number of rotatable bonds is 5. The molecule has 0 aliphatic heterocycles. The highest BCUT2D eigenvalue weighted by molar-refractivity contribution is 7.16. The molecule has 1 aromatic heterocycles. The van der Waals surface area contributed by atoms with Crippen molar-refractivity contribution in [2.24, 2.45) is 0 Å². The summed E-state index contributed by atoms with van der Waals surface area (Å²) in [7, 11) is 0. The lowest BCUT2D eigenvalue weighted by molar-refractivity contribution is -0.382. The van der Waals surface area contributed by atoms with Crippen molar-refractivity contribution in [1.82, 2.24) is 4.98 Å². The monoisotopic (exact) mass is 279 g/mol. The van der Waals surface area contributed by atoms with E-state index in [1.165, 1.54) is 11.3 Å². The minimum absolute atomic E-state index is 0.0758. The van der Waals surface area contributed by atoms with Crippen LogP contribution in [-0.4, -0.2) is 15.4 Å². The van der Waals surface area contributed by atoms with Crippen molar-refractivity contribution in [2.45, 2.75) is 39.2 Å². The third kappa shape index (κ3) is 2.53. The van der Waals surface area contributed by atoms with Gasteiger partial charge in [-0.1, -0.05) is 13.8 Å². The molecule has 2 rings (SSSR count). The molecule has 1 aromatic carbocycles. The molecule has 1 heterocycles. The molecule has 0 aliphatic carbocycles. The van der Waals surface area contributed by atoms with Gasteiger partial charge in [0.05, 0.1) is 15.1 Å². The van der Waals surface area contributed by atoms with E-state index in [4.69, 9.17) is 0 Å². The number of thiazole rings is 1. The topological polar surface area (TPSA) is 68.1 Å². The summed E-state index contributed by atoms with van der Waals surface area (Å²) in [6, 6.07) is 3.66. The molecule has 0 saturated heterocycles. The molecular formula is C13H17N3O2S. The fourth-order valence-electron chi connectivity index (χ4n) is 1.95. The zero-order valence-corrected chi connectivity index (χ0v) is 12.1. The van der Waals surface area contributed by atoms with Gasteiger partial charge in [0, 0.05) is 5.54 Å². The van der Waals surface area contributed by atoms with Crippen molar-refractivity contribution < 1.29 is 4.92 Å². The van der Waals surface area contributed by atoms with E-state index in [1.807, 2.05) is 6.07 Å². The quantitative estimate of drug-likeness (QED) is 0.658. The van der Waals surface area contributed by atoms with E-state index < -0.39 is 0 Å². The molecule has 0 saturated carbocycles. The van der Waals surface area contributed by atoms with Crippen molar-refractivity contribution in [1.29, 1.82) is 0 Å². The van der Waals surface area contributed by atoms with Crippen molar-refractivity contribution in [3.05, 3.63) is 27.8 Å². The second-order valence-corrected chi connectivity index (χ2v) is 5.70. The molecule has 2 aromatic rings. The molecule has 1 N–H and O–H groups in total. The van der Waals surface area contributed by atoms with Gasteiger partial charge in [-0.05, 0) is 31.9 Å². The van der Waals surface area contributed by atoms with Crippen LogP contribution in [-0.2, 0) is 0 Å². The normalized spacial score (nSPS) is 11.7. The molecule has 19 heavy (non-hydrogen) atoms. The Labute approximate surface area is 115 Å². The second kappa shape index (κ2) is 5.13. The van der Waals surface area contributed by atoms with Gasteiger partial charge in [0.2, 0.25) is 0 Å². The SMILES string of the molecule is CCC(C)(CC)Nc1ccc2scnc2c1[N+](=O)[O-]. The summed E-state index contributed by atoms with van der Waals surface area (Å²) in [5, 5.41) is 14.6. The zero-order chi connectivity index (χ0) is 14.0. The maximum Gasteiger partial charge on any atom is 0.319 e. The highest BCUT2D eigenvalue weighted by atomic mass is 32.1. The summed E-state index contributed by atoms with van der Waals surface area (Å²) in [4.78, 5) is 15.1. The predicted octanol–water partition coefficient (Wildman–Crippen LogP) is 4.20. The van der Waals surface area contributed by atoms with Crippen LogP contribution in [0.4, 0.5) is 11.4 Å². The van der Waals surface area contributed by atoms with E-state index in [9.17, 15) is 10.1 Å². The van der Waals surface area contributed by atoms with Gasteiger partial charge in [0.1, 0.15) is 5.69 Å². The summed E-state index contributed by atoms with van der Waals surface area (Å²) in [6.07, 6.45) is 1.80. The van der Waals surface area contributed by atoms with Crippen LogP contribution in [0.2, 0.25) is 0 Å². The molecule has 5 nitrogen and oxygen atoms in total. The Balaban J connectivity index is 2.54. The van der Waals surface area contributed by atoms with E-state index >= 15 is 0 Å². The lowest BCUT2D eigenvalue weighted by atomic mass is 9.95. The van der Waals surface area contributed by atoms with Crippen molar-refractivity contribution in [3.63, 3.8) is 0 Å². The lowest BCUT2D eigenvalue weighted by Crippen LogP contribution is -2.33. The standard InChI is InChI=1S/C13H17N3O2S/c1-4-13(3,5-2)15-9-6-7-10-11(14-8-19-10)12(9)16(17)18/h6-8,15H,4-5H2,1-3H3. The Kier molecular flexibility index (Phi) is 3.71. The van der Waals surface area contributed by atoms with E-state index in [0.717, 1.165) is 17.5 Å². The summed E-state index contributed by atoms with van der Waals surface area (Å²) in [6.45, 7) is 6.22. The van der Waals surface area contributed by atoms with Gasteiger partial charge in [-0.25, -0.2) is 4.98 Å². The molecule has 0 atom stereocenters. The van der Waals surface area contributed by atoms with Crippen molar-refractivity contribution >= 4 is 32.9 Å². The number of fused-ring (bicyclic) bond motifs is 1. The molecule has 0 aliphatic rings. The van der Waals surface area contributed by atoms with E-state index in [0.29, 0.717) is 11.2 Å². The van der Waals surface area contributed by atoms with Gasteiger partial charge in [0.15, 0.2) is 5.52 Å². The van der Waals surface area contributed by atoms with Crippen LogP contribution >= 0.6 is 11.3 Å². The Hall–Kier alpha value is -1.69. The third-order valence-corrected chi connectivity index (χ3v) is 4.45. The molecule has 6 heteroatoms. The van der Waals surface area contributed by atoms with Gasteiger partial charge < -0.3 is 5.32 Å². The number of aromatic nitrogens is 1. The number of hydrogen-bond acceptors (Lipinski definition) is 5. The maximum absolute atomic E-state index is 11.3. The fraction of sp³-hybridized carbons (Fsp3) is 0.462. The summed E-state index contributed by atoms with van der Waals surface area (Å²) in [5.41, 5.74) is 2.59. The molecule has 0 fully saturated rings. The first-order chi connectivity index (χ1) is 9.00. The molecular weight excluding hydrogens is 262 g/mol. The minimum atomic E-state index is -0.351. The highest BCUT2D eigenvalue weighted by Gasteiger charge is 2.26. The van der Waals surface area contributed by atoms with E-state index in [-0.39, 0.29) is 16.1 Å². The van der Waals surface area contributed by atoms with Crippen LogP contribution in [0, 0.1) is 10.1 Å². The maximum atomic E-state index is 11.3. The number of anilines is 1. The molecule has 0 spiro atoms. The van der Waals surface area contributed by atoms with Crippen LogP contribution in [0.15, 0.2) is 17.6 Å². The van der Waals surface area contributed by atoms with Gasteiger partial charge >= 0.3 is 5.69 Å². The molecule has 0 amide bonds. The second-order valence-electron chi connectivity index (χ2n) is 4.81. The van der Waals surface area contributed by atoms with Gasteiger partial charge in [-0.15, -0.1) is 11.3 Å². The average Bonchev–Trinajstić information content (AvgIpc) is 2.86. The Morgan fingerprint density at radius 2 is 2.11 bits per heavy atom. The largest absolute Gasteiger partial charge is 0.374 e. The van der Waals surface area contributed by atoms with Crippen LogP contribution in [0.5, 0.6) is 0 Å². The summed E-state index contributed by atoms with van der Waals surface area (Å²) >= 11 is 1.41. The molecule has 102 valence electrons. The lowest BCUT2D eigenvalue weighted by Gasteiger charge is -2.29. The molecule has 0 radical (unpaired) electrons. The third-order valence-electron chi connectivity index (χ3n) is 3.66. The number of nitro groups is 1. The van der Waals surface area contributed by atoms with Crippen LogP contribution in [0.25, 0.3) is 10.2 Å². The predicted molar refractivity (Wildman–Crippen MR) is 78.9 cm³/mol. The smallest absolute Gasteiger partial charge is 0.319 e. The molecule has 0 bridgehead atoms. The first-order valence-corrected chi connectivity index (χ1v) is 7.17. The zero-order valence-electron chi connectivity index (χ0n) is 11.3. The fourth-order valence-corrected chi connectivity index (χ4v) is 2.63. The highest BCUT2D eigenvalue weighted by Crippen LogP contribution is 2.36. The average molecular weight is 279 g/mol. The first-order valence-electron chi connectivity index (χ1n) is 6.29. The van der Waals surface area contributed by atoms with Gasteiger partial charge in [-0.2, -0.15) is 0 Å². The number of benzene rings is 1. The minimum Gasteiger partial charge on any atom is -0.374 e. The van der Waals surface area contributed by atoms with Gasteiger partial charge in [0.25, 0.3) is 0 Å². The van der Waals surface area contributed by atoms with Gasteiger partial charge in [-0.3, -0.25) is 10.1 Å². The number of nitrogens with one attached hydrogen (secondary N) is 1. The Morgan fingerprint density at radius 3 is 2.68 bits per heavy atom.